The van der Waals surface area contributed by atoms with Crippen LogP contribution in [0.2, 0.25) is 0 Å². The van der Waals surface area contributed by atoms with E-state index in [9.17, 15) is 8.78 Å². The zero-order valence-electron chi connectivity index (χ0n) is 11.8. The molecule has 0 radical (unpaired) electrons. The molecular weight excluding hydrogens is 272 g/mol. The Morgan fingerprint density at radius 2 is 2.10 bits per heavy atom. The molecule has 21 heavy (non-hydrogen) atoms. The van der Waals surface area contributed by atoms with Crippen LogP contribution in [0.1, 0.15) is 43.0 Å². The van der Waals surface area contributed by atoms with Crippen molar-refractivity contribution in [3.05, 3.63) is 47.2 Å². The van der Waals surface area contributed by atoms with Gasteiger partial charge in [0.05, 0.1) is 11.7 Å². The van der Waals surface area contributed by atoms with Crippen LogP contribution in [0.5, 0.6) is 0 Å². The third-order valence-electron chi connectivity index (χ3n) is 4.58. The second kappa shape index (κ2) is 4.55. The molecule has 3 atom stereocenters. The van der Waals surface area contributed by atoms with Crippen LogP contribution in [-0.4, -0.2) is 16.3 Å². The molecule has 2 aromatic rings. The van der Waals surface area contributed by atoms with E-state index in [0.717, 1.165) is 30.5 Å². The van der Waals surface area contributed by atoms with Crippen molar-refractivity contribution < 1.29 is 8.78 Å². The fourth-order valence-electron chi connectivity index (χ4n) is 3.21. The fourth-order valence-corrected chi connectivity index (χ4v) is 3.21. The number of nitrogens with zero attached hydrogens (tertiary/aromatic N) is 2. The highest BCUT2D eigenvalue weighted by Gasteiger charge is 2.37. The molecule has 1 fully saturated rings. The first-order chi connectivity index (χ1) is 10.1. The van der Waals surface area contributed by atoms with E-state index in [4.69, 9.17) is 0 Å². The quantitative estimate of drug-likeness (QED) is 0.913. The smallest absolute Gasteiger partial charge is 0.128 e. The molecule has 1 aromatic carbocycles. The summed E-state index contributed by atoms with van der Waals surface area (Å²) >= 11 is 0. The lowest BCUT2D eigenvalue weighted by atomic mass is 10.0. The van der Waals surface area contributed by atoms with Crippen LogP contribution in [0.15, 0.2) is 24.3 Å². The molecule has 0 saturated heterocycles. The number of anilines is 1. The summed E-state index contributed by atoms with van der Waals surface area (Å²) in [5, 5.41) is 7.96. The van der Waals surface area contributed by atoms with Crippen LogP contribution in [0.3, 0.4) is 0 Å². The highest BCUT2D eigenvalue weighted by atomic mass is 19.1. The molecule has 4 rings (SSSR count). The Bertz CT molecular complexity index is 695. The molecule has 1 aliphatic carbocycles. The van der Waals surface area contributed by atoms with Crippen molar-refractivity contribution in [2.45, 2.75) is 31.7 Å². The average molecular weight is 289 g/mol. The maximum Gasteiger partial charge on any atom is 0.128 e. The summed E-state index contributed by atoms with van der Waals surface area (Å²) in [7, 11) is 0. The number of rotatable bonds is 2. The van der Waals surface area contributed by atoms with Crippen LogP contribution < -0.4 is 5.32 Å². The van der Waals surface area contributed by atoms with E-state index < -0.39 is 5.82 Å². The SMILES string of the molecule is CC1CC1c1cc2n(n1)C(c1cc(F)ccc1F)CCN2. The van der Waals surface area contributed by atoms with Crippen molar-refractivity contribution in [1.82, 2.24) is 9.78 Å². The zero-order chi connectivity index (χ0) is 14.6. The van der Waals surface area contributed by atoms with Gasteiger partial charge >= 0.3 is 0 Å². The van der Waals surface area contributed by atoms with Crippen molar-refractivity contribution in [1.29, 1.82) is 0 Å². The minimum Gasteiger partial charge on any atom is -0.370 e. The molecule has 3 nitrogen and oxygen atoms in total. The molecule has 2 heterocycles. The van der Waals surface area contributed by atoms with Crippen LogP contribution >= 0.6 is 0 Å². The normalized spacial score (nSPS) is 27.1. The zero-order valence-corrected chi connectivity index (χ0v) is 11.8. The van der Waals surface area contributed by atoms with Crippen LogP contribution in [0.4, 0.5) is 14.6 Å². The van der Waals surface area contributed by atoms with E-state index in [1.165, 1.54) is 12.1 Å². The summed E-state index contributed by atoms with van der Waals surface area (Å²) in [6, 6.07) is 5.45. The van der Waals surface area contributed by atoms with Crippen molar-refractivity contribution in [3.63, 3.8) is 0 Å². The lowest BCUT2D eigenvalue weighted by Crippen LogP contribution is -2.25. The maximum atomic E-state index is 14.1. The first kappa shape index (κ1) is 12.8. The molecule has 0 amide bonds. The topological polar surface area (TPSA) is 29.9 Å². The van der Waals surface area contributed by atoms with E-state index >= 15 is 0 Å². The van der Waals surface area contributed by atoms with Gasteiger partial charge in [-0.3, -0.25) is 0 Å². The number of nitrogens with one attached hydrogen (secondary N) is 1. The molecule has 5 heteroatoms. The van der Waals surface area contributed by atoms with Crippen LogP contribution in [-0.2, 0) is 0 Å². The summed E-state index contributed by atoms with van der Waals surface area (Å²) in [4.78, 5) is 0. The lowest BCUT2D eigenvalue weighted by Gasteiger charge is -2.26. The average Bonchev–Trinajstić information content (AvgIpc) is 3.04. The first-order valence-corrected chi connectivity index (χ1v) is 7.42. The second-order valence-corrected chi connectivity index (χ2v) is 6.12. The summed E-state index contributed by atoms with van der Waals surface area (Å²) < 4.78 is 29.3. The Balaban J connectivity index is 1.75. The number of benzene rings is 1. The number of halogens is 2. The van der Waals surface area contributed by atoms with Gasteiger partial charge < -0.3 is 5.32 Å². The van der Waals surface area contributed by atoms with E-state index in [2.05, 4.69) is 23.4 Å². The fraction of sp³-hybridized carbons (Fsp3) is 0.438. The standard InChI is InChI=1S/C16H17F2N3/c1-9-6-11(9)14-8-16-19-5-4-15(21(16)20-14)12-7-10(17)2-3-13(12)18/h2-3,7-9,11,15,19H,4-6H2,1H3. The van der Waals surface area contributed by atoms with Gasteiger partial charge in [-0.15, -0.1) is 0 Å². The minimum atomic E-state index is -0.408. The Morgan fingerprint density at radius 3 is 2.86 bits per heavy atom. The van der Waals surface area contributed by atoms with Gasteiger partial charge in [0.2, 0.25) is 0 Å². The highest BCUT2D eigenvalue weighted by molar-refractivity contribution is 5.43. The van der Waals surface area contributed by atoms with Gasteiger partial charge in [-0.05, 0) is 37.0 Å². The number of hydrogen-bond acceptors (Lipinski definition) is 2. The molecule has 1 saturated carbocycles. The molecule has 0 spiro atoms. The molecular formula is C16H17F2N3. The molecule has 2 aliphatic rings. The van der Waals surface area contributed by atoms with E-state index in [0.29, 0.717) is 23.8 Å². The van der Waals surface area contributed by atoms with Crippen molar-refractivity contribution in [2.24, 2.45) is 5.92 Å². The summed E-state index contributed by atoms with van der Waals surface area (Å²) in [5.74, 6) is 1.32. The summed E-state index contributed by atoms with van der Waals surface area (Å²) in [5.41, 5.74) is 1.45. The third kappa shape index (κ3) is 2.11. The summed E-state index contributed by atoms with van der Waals surface area (Å²) in [6.45, 7) is 2.95. The second-order valence-electron chi connectivity index (χ2n) is 6.12. The Morgan fingerprint density at radius 1 is 1.29 bits per heavy atom. The third-order valence-corrected chi connectivity index (χ3v) is 4.58. The van der Waals surface area contributed by atoms with Crippen molar-refractivity contribution in [3.8, 4) is 0 Å². The van der Waals surface area contributed by atoms with Gasteiger partial charge in [0.15, 0.2) is 0 Å². The predicted octanol–water partition coefficient (Wildman–Crippen LogP) is 3.69. The van der Waals surface area contributed by atoms with E-state index in [1.807, 2.05) is 4.68 Å². The van der Waals surface area contributed by atoms with Crippen molar-refractivity contribution >= 4 is 5.82 Å². The minimum absolute atomic E-state index is 0.236. The first-order valence-electron chi connectivity index (χ1n) is 7.42. The highest BCUT2D eigenvalue weighted by Crippen LogP contribution is 2.47. The molecule has 110 valence electrons. The molecule has 3 unspecified atom stereocenters. The largest absolute Gasteiger partial charge is 0.370 e. The predicted molar refractivity (Wildman–Crippen MR) is 76.4 cm³/mol. The summed E-state index contributed by atoms with van der Waals surface area (Å²) in [6.07, 6.45) is 1.87. The Hall–Kier alpha value is -1.91. The number of hydrogen-bond donors (Lipinski definition) is 1. The molecule has 1 aliphatic heterocycles. The van der Waals surface area contributed by atoms with E-state index in [-0.39, 0.29) is 11.9 Å². The monoisotopic (exact) mass is 289 g/mol. The number of fused-ring (bicyclic) bond motifs is 1. The van der Waals surface area contributed by atoms with Crippen molar-refractivity contribution in [2.75, 3.05) is 11.9 Å². The maximum absolute atomic E-state index is 14.1. The van der Waals surface area contributed by atoms with Gasteiger partial charge in [-0.1, -0.05) is 6.92 Å². The Kier molecular flexibility index (Phi) is 2.77. The van der Waals surface area contributed by atoms with Crippen LogP contribution in [0.25, 0.3) is 0 Å². The number of aromatic nitrogens is 2. The van der Waals surface area contributed by atoms with Gasteiger partial charge in [0.1, 0.15) is 17.5 Å². The Labute approximate surface area is 122 Å². The van der Waals surface area contributed by atoms with Crippen LogP contribution in [0, 0.1) is 17.6 Å². The van der Waals surface area contributed by atoms with Gasteiger partial charge in [0.25, 0.3) is 0 Å². The van der Waals surface area contributed by atoms with Gasteiger partial charge in [-0.25, -0.2) is 13.5 Å². The van der Waals surface area contributed by atoms with Gasteiger partial charge in [0, 0.05) is 24.1 Å². The van der Waals surface area contributed by atoms with Gasteiger partial charge in [-0.2, -0.15) is 5.10 Å². The van der Waals surface area contributed by atoms with E-state index in [1.54, 1.807) is 0 Å². The molecule has 1 aromatic heterocycles. The molecule has 0 bridgehead atoms. The molecule has 1 N–H and O–H groups in total. The lowest BCUT2D eigenvalue weighted by molar-refractivity contribution is 0.451.